The average Bonchev–Trinajstić information content (AvgIpc) is 2.29. The number of unbranched alkanes of at least 4 members (excludes halogenated alkanes) is 1. The third-order valence-corrected chi connectivity index (χ3v) is 1.91. The Labute approximate surface area is 94.3 Å². The van der Waals surface area contributed by atoms with E-state index in [0.717, 1.165) is 12.8 Å². The fourth-order valence-electron chi connectivity index (χ4n) is 1.09. The van der Waals surface area contributed by atoms with Gasteiger partial charge in [0.2, 0.25) is 0 Å². The number of nitrogens with zero attached hydrogens (tertiary/aromatic N) is 1. The first-order valence-corrected chi connectivity index (χ1v) is 4.96. The number of phenols is 1. The van der Waals surface area contributed by atoms with Gasteiger partial charge in [0, 0.05) is 6.21 Å². The van der Waals surface area contributed by atoms with Gasteiger partial charge in [0.1, 0.15) is 5.75 Å². The topological polar surface area (TPSA) is 61.7 Å². The number of para-hydroxylation sites is 1. The molecule has 4 heteroatoms. The molecule has 0 fully saturated rings. The average molecular weight is 218 g/mol. The van der Waals surface area contributed by atoms with E-state index in [1.54, 1.807) is 24.4 Å². The first kappa shape index (κ1) is 12.0. The second-order valence-electron chi connectivity index (χ2n) is 3.14. The molecule has 2 N–H and O–H groups in total. The normalized spacial score (nSPS) is 10.2. The highest BCUT2D eigenvalue weighted by Crippen LogP contribution is 2.14. The largest absolute Gasteiger partial charge is 0.507 e. The van der Waals surface area contributed by atoms with Crippen LogP contribution in [0.25, 0.3) is 0 Å². The molecule has 84 valence electrons. The number of phenolic OH excluding ortho intramolecular Hbond substituents is 1. The van der Waals surface area contributed by atoms with E-state index in [2.05, 4.69) is 17.1 Å². The van der Waals surface area contributed by atoms with Gasteiger partial charge in [-0.3, -0.25) is 4.79 Å². The SMILES string of the molecule is C=CCC/C=N/NC(=O)c1ccccc1O. The number of carbonyl (C=O) groups is 1. The molecule has 0 aliphatic rings. The molecule has 0 radical (unpaired) electrons. The molecule has 4 nitrogen and oxygen atoms in total. The number of rotatable bonds is 5. The van der Waals surface area contributed by atoms with Crippen molar-refractivity contribution in [3.05, 3.63) is 42.5 Å². The predicted molar refractivity (Wildman–Crippen MR) is 63.5 cm³/mol. The van der Waals surface area contributed by atoms with Gasteiger partial charge in [-0.15, -0.1) is 6.58 Å². The minimum atomic E-state index is -0.423. The van der Waals surface area contributed by atoms with Crippen LogP contribution in [-0.2, 0) is 0 Å². The molecule has 0 saturated carbocycles. The molecule has 1 aromatic carbocycles. The quantitative estimate of drug-likeness (QED) is 0.344. The van der Waals surface area contributed by atoms with Gasteiger partial charge in [0.05, 0.1) is 5.56 Å². The van der Waals surface area contributed by atoms with E-state index in [0.29, 0.717) is 0 Å². The Hall–Kier alpha value is -2.10. The molecule has 1 rings (SSSR count). The standard InChI is InChI=1S/C12H14N2O2/c1-2-3-6-9-13-14-12(16)10-7-4-5-8-11(10)15/h2,4-5,7-9,15H,1,3,6H2,(H,14,16)/b13-9+. The Kier molecular flexibility index (Phi) is 4.79. The third kappa shape index (κ3) is 3.57. The molecule has 1 aromatic rings. The molecule has 0 spiro atoms. The summed E-state index contributed by atoms with van der Waals surface area (Å²) in [5.74, 6) is -0.478. The van der Waals surface area contributed by atoms with E-state index in [-0.39, 0.29) is 11.3 Å². The van der Waals surface area contributed by atoms with Gasteiger partial charge in [-0.1, -0.05) is 18.2 Å². The molecular weight excluding hydrogens is 204 g/mol. The van der Waals surface area contributed by atoms with Crippen molar-refractivity contribution < 1.29 is 9.90 Å². The van der Waals surface area contributed by atoms with E-state index in [9.17, 15) is 9.90 Å². The summed E-state index contributed by atoms with van der Waals surface area (Å²) >= 11 is 0. The molecule has 0 aliphatic heterocycles. The van der Waals surface area contributed by atoms with E-state index in [1.807, 2.05) is 0 Å². The summed E-state index contributed by atoms with van der Waals surface area (Å²) in [4.78, 5) is 11.5. The highest BCUT2D eigenvalue weighted by Gasteiger charge is 2.07. The van der Waals surface area contributed by atoms with Crippen LogP contribution >= 0.6 is 0 Å². The smallest absolute Gasteiger partial charge is 0.275 e. The maximum atomic E-state index is 11.5. The summed E-state index contributed by atoms with van der Waals surface area (Å²) in [5, 5.41) is 13.1. The highest BCUT2D eigenvalue weighted by molar-refractivity contribution is 5.96. The maximum Gasteiger partial charge on any atom is 0.275 e. The number of hydrogen-bond acceptors (Lipinski definition) is 3. The zero-order chi connectivity index (χ0) is 11.8. The molecule has 0 bridgehead atoms. The molecule has 0 aromatic heterocycles. The van der Waals surface area contributed by atoms with Crippen LogP contribution in [0, 0.1) is 0 Å². The number of hydrogen-bond donors (Lipinski definition) is 2. The van der Waals surface area contributed by atoms with Gasteiger partial charge >= 0.3 is 0 Å². The van der Waals surface area contributed by atoms with Crippen molar-refractivity contribution in [2.24, 2.45) is 5.10 Å². The van der Waals surface area contributed by atoms with Crippen LogP contribution in [0.4, 0.5) is 0 Å². The zero-order valence-corrected chi connectivity index (χ0v) is 8.89. The van der Waals surface area contributed by atoms with Crippen molar-refractivity contribution >= 4 is 12.1 Å². The van der Waals surface area contributed by atoms with Crippen molar-refractivity contribution in [3.8, 4) is 5.75 Å². The molecule has 16 heavy (non-hydrogen) atoms. The third-order valence-electron chi connectivity index (χ3n) is 1.91. The summed E-state index contributed by atoms with van der Waals surface area (Å²) < 4.78 is 0. The number of amides is 1. The van der Waals surface area contributed by atoms with Gasteiger partial charge in [0.25, 0.3) is 5.91 Å². The Bertz CT molecular complexity index is 400. The molecular formula is C12H14N2O2. The number of nitrogens with one attached hydrogen (secondary N) is 1. The second-order valence-corrected chi connectivity index (χ2v) is 3.14. The monoisotopic (exact) mass is 218 g/mol. The molecule has 0 aliphatic carbocycles. The van der Waals surface area contributed by atoms with E-state index < -0.39 is 5.91 Å². The number of carbonyl (C=O) groups excluding carboxylic acids is 1. The Morgan fingerprint density at radius 2 is 2.19 bits per heavy atom. The van der Waals surface area contributed by atoms with Crippen LogP contribution in [0.3, 0.4) is 0 Å². The molecule has 1 amide bonds. The summed E-state index contributed by atoms with van der Waals surface area (Å²) in [7, 11) is 0. The van der Waals surface area contributed by atoms with Gasteiger partial charge in [0.15, 0.2) is 0 Å². The van der Waals surface area contributed by atoms with Gasteiger partial charge in [-0.25, -0.2) is 5.43 Å². The predicted octanol–water partition coefficient (Wildman–Crippen LogP) is 2.07. The van der Waals surface area contributed by atoms with Crippen molar-refractivity contribution in [1.82, 2.24) is 5.43 Å². The number of aromatic hydroxyl groups is 1. The Morgan fingerprint density at radius 3 is 2.88 bits per heavy atom. The van der Waals surface area contributed by atoms with Crippen LogP contribution in [0.5, 0.6) is 5.75 Å². The van der Waals surface area contributed by atoms with Crippen LogP contribution < -0.4 is 5.43 Å². The van der Waals surface area contributed by atoms with E-state index in [4.69, 9.17) is 0 Å². The van der Waals surface area contributed by atoms with Crippen molar-refractivity contribution in [2.75, 3.05) is 0 Å². The lowest BCUT2D eigenvalue weighted by Gasteiger charge is -2.01. The highest BCUT2D eigenvalue weighted by atomic mass is 16.3. The summed E-state index contributed by atoms with van der Waals surface area (Å²) in [5.41, 5.74) is 2.55. The number of allylic oxidation sites excluding steroid dienone is 1. The first-order chi connectivity index (χ1) is 7.75. The molecule has 0 unspecified atom stereocenters. The lowest BCUT2D eigenvalue weighted by atomic mass is 10.2. The van der Waals surface area contributed by atoms with Gasteiger partial charge in [-0.2, -0.15) is 5.10 Å². The summed E-state index contributed by atoms with van der Waals surface area (Å²) in [6.45, 7) is 3.57. The fourth-order valence-corrected chi connectivity index (χ4v) is 1.09. The van der Waals surface area contributed by atoms with Crippen LogP contribution in [-0.4, -0.2) is 17.2 Å². The lowest BCUT2D eigenvalue weighted by Crippen LogP contribution is -2.17. The minimum Gasteiger partial charge on any atom is -0.507 e. The summed E-state index contributed by atoms with van der Waals surface area (Å²) in [6.07, 6.45) is 4.91. The molecule has 0 heterocycles. The van der Waals surface area contributed by atoms with Crippen LogP contribution in [0.1, 0.15) is 23.2 Å². The second kappa shape index (κ2) is 6.40. The van der Waals surface area contributed by atoms with Gasteiger partial charge in [-0.05, 0) is 25.0 Å². The Balaban J connectivity index is 2.50. The van der Waals surface area contributed by atoms with E-state index >= 15 is 0 Å². The molecule has 0 atom stereocenters. The van der Waals surface area contributed by atoms with Crippen LogP contribution in [0.15, 0.2) is 42.0 Å². The van der Waals surface area contributed by atoms with E-state index in [1.165, 1.54) is 12.1 Å². The molecule has 0 saturated heterocycles. The number of benzene rings is 1. The fraction of sp³-hybridized carbons (Fsp3) is 0.167. The van der Waals surface area contributed by atoms with Crippen molar-refractivity contribution in [3.63, 3.8) is 0 Å². The van der Waals surface area contributed by atoms with Crippen molar-refractivity contribution in [2.45, 2.75) is 12.8 Å². The maximum absolute atomic E-state index is 11.5. The summed E-state index contributed by atoms with van der Waals surface area (Å²) in [6, 6.07) is 6.32. The van der Waals surface area contributed by atoms with Gasteiger partial charge < -0.3 is 5.11 Å². The van der Waals surface area contributed by atoms with Crippen molar-refractivity contribution in [1.29, 1.82) is 0 Å². The van der Waals surface area contributed by atoms with Crippen LogP contribution in [0.2, 0.25) is 0 Å². The minimum absolute atomic E-state index is 0.0544. The Morgan fingerprint density at radius 1 is 1.44 bits per heavy atom. The first-order valence-electron chi connectivity index (χ1n) is 4.96. The zero-order valence-electron chi connectivity index (χ0n) is 8.89. The lowest BCUT2D eigenvalue weighted by molar-refractivity contribution is 0.0952. The number of hydrazone groups is 1.